The van der Waals surface area contributed by atoms with Crippen LogP contribution in [0.4, 0.5) is 0 Å². The third-order valence-corrected chi connectivity index (χ3v) is 2.95. The third-order valence-electron chi connectivity index (χ3n) is 2.72. The van der Waals surface area contributed by atoms with Crippen LogP contribution in [0.5, 0.6) is 5.75 Å². The van der Waals surface area contributed by atoms with Gasteiger partial charge >= 0.3 is 0 Å². The summed E-state index contributed by atoms with van der Waals surface area (Å²) in [6, 6.07) is 7.40. The number of hydrogen-bond acceptors (Lipinski definition) is 3. The summed E-state index contributed by atoms with van der Waals surface area (Å²) in [6.45, 7) is 3.20. The van der Waals surface area contributed by atoms with Gasteiger partial charge < -0.3 is 9.84 Å². The molecule has 4 heteroatoms. The molecule has 2 rings (SSSR count). The van der Waals surface area contributed by atoms with Crippen molar-refractivity contribution in [2.45, 2.75) is 12.5 Å². The molecule has 1 fully saturated rings. The van der Waals surface area contributed by atoms with E-state index in [0.717, 1.165) is 31.8 Å². The predicted octanol–water partition coefficient (Wildman–Crippen LogP) is 1.79. The van der Waals surface area contributed by atoms with Gasteiger partial charge in [-0.3, -0.25) is 4.90 Å². The van der Waals surface area contributed by atoms with Gasteiger partial charge in [0.2, 0.25) is 0 Å². The maximum atomic E-state index is 9.35. The first-order chi connectivity index (χ1) is 7.74. The molecule has 0 saturated carbocycles. The number of hydrogen-bond donors (Lipinski definition) is 1. The molecule has 0 aliphatic carbocycles. The van der Waals surface area contributed by atoms with Gasteiger partial charge in [-0.1, -0.05) is 17.7 Å². The molecule has 0 spiro atoms. The van der Waals surface area contributed by atoms with Gasteiger partial charge in [-0.15, -0.1) is 0 Å². The van der Waals surface area contributed by atoms with Crippen LogP contribution in [0.25, 0.3) is 0 Å². The molecule has 88 valence electrons. The molecule has 1 heterocycles. The molecule has 1 aliphatic rings. The maximum Gasteiger partial charge on any atom is 0.120 e. The van der Waals surface area contributed by atoms with Crippen LogP contribution in [0, 0.1) is 0 Å². The Labute approximate surface area is 101 Å². The second kappa shape index (κ2) is 5.53. The predicted molar refractivity (Wildman–Crippen MR) is 64.0 cm³/mol. The molecule has 1 aromatic carbocycles. The summed E-state index contributed by atoms with van der Waals surface area (Å²) in [5, 5.41) is 10.0. The number of ether oxygens (including phenoxy) is 1. The van der Waals surface area contributed by atoms with Crippen LogP contribution in [0.1, 0.15) is 6.42 Å². The van der Waals surface area contributed by atoms with Crippen LogP contribution in [0.3, 0.4) is 0 Å². The fourth-order valence-corrected chi connectivity index (χ4v) is 2.04. The van der Waals surface area contributed by atoms with E-state index >= 15 is 0 Å². The van der Waals surface area contributed by atoms with Gasteiger partial charge in [0.1, 0.15) is 12.4 Å². The van der Waals surface area contributed by atoms with E-state index in [2.05, 4.69) is 4.90 Å². The Morgan fingerprint density at radius 3 is 3.06 bits per heavy atom. The van der Waals surface area contributed by atoms with Crippen molar-refractivity contribution in [3.05, 3.63) is 29.3 Å². The van der Waals surface area contributed by atoms with Crippen LogP contribution in [0.15, 0.2) is 24.3 Å². The summed E-state index contributed by atoms with van der Waals surface area (Å²) in [5.74, 6) is 0.798. The Bertz CT molecular complexity index is 346. The lowest BCUT2D eigenvalue weighted by atomic mass is 10.3. The van der Waals surface area contributed by atoms with Crippen LogP contribution in [-0.4, -0.2) is 42.4 Å². The van der Waals surface area contributed by atoms with Crippen molar-refractivity contribution in [2.24, 2.45) is 0 Å². The smallest absolute Gasteiger partial charge is 0.120 e. The van der Waals surface area contributed by atoms with Crippen molar-refractivity contribution in [3.8, 4) is 5.75 Å². The molecule has 1 aromatic rings. The lowest BCUT2D eigenvalue weighted by molar-refractivity contribution is 0.167. The zero-order valence-corrected chi connectivity index (χ0v) is 9.86. The molecular formula is C12H16ClNO2. The Hall–Kier alpha value is -0.770. The number of aliphatic hydroxyl groups is 1. The first kappa shape index (κ1) is 11.7. The van der Waals surface area contributed by atoms with E-state index in [0.29, 0.717) is 11.6 Å². The van der Waals surface area contributed by atoms with E-state index in [1.807, 2.05) is 18.2 Å². The third kappa shape index (κ3) is 3.37. The van der Waals surface area contributed by atoms with E-state index in [9.17, 15) is 5.11 Å². The number of aliphatic hydroxyl groups excluding tert-OH is 1. The summed E-state index contributed by atoms with van der Waals surface area (Å²) in [6.07, 6.45) is 0.711. The molecule has 1 N–H and O–H groups in total. The maximum absolute atomic E-state index is 9.35. The summed E-state index contributed by atoms with van der Waals surface area (Å²) < 4.78 is 5.58. The largest absolute Gasteiger partial charge is 0.492 e. The summed E-state index contributed by atoms with van der Waals surface area (Å²) in [4.78, 5) is 2.20. The van der Waals surface area contributed by atoms with Crippen molar-refractivity contribution in [1.29, 1.82) is 0 Å². The molecule has 0 bridgehead atoms. The van der Waals surface area contributed by atoms with Gasteiger partial charge in [0.25, 0.3) is 0 Å². The first-order valence-corrected chi connectivity index (χ1v) is 5.90. The van der Waals surface area contributed by atoms with E-state index in [-0.39, 0.29) is 6.10 Å². The monoisotopic (exact) mass is 241 g/mol. The SMILES string of the molecule is OC1CCN(CCOc2cccc(Cl)c2)C1. The number of β-amino-alcohol motifs (C(OH)–C–C–N with tert-alkyl or cyclic N) is 1. The number of rotatable bonds is 4. The van der Waals surface area contributed by atoms with Gasteiger partial charge in [0.05, 0.1) is 6.10 Å². The second-order valence-corrected chi connectivity index (χ2v) is 4.49. The van der Waals surface area contributed by atoms with Gasteiger partial charge in [-0.25, -0.2) is 0 Å². The number of halogens is 1. The Balaban J connectivity index is 1.72. The van der Waals surface area contributed by atoms with Gasteiger partial charge in [0, 0.05) is 24.7 Å². The van der Waals surface area contributed by atoms with Gasteiger partial charge in [-0.2, -0.15) is 0 Å². The zero-order valence-electron chi connectivity index (χ0n) is 9.10. The average Bonchev–Trinajstić information content (AvgIpc) is 2.64. The first-order valence-electron chi connectivity index (χ1n) is 5.53. The van der Waals surface area contributed by atoms with Crippen LogP contribution < -0.4 is 4.74 Å². The lowest BCUT2D eigenvalue weighted by Gasteiger charge is -2.15. The molecule has 1 saturated heterocycles. The standard InChI is InChI=1S/C12H16ClNO2/c13-10-2-1-3-12(8-10)16-7-6-14-5-4-11(15)9-14/h1-3,8,11,15H,4-7,9H2. The molecule has 0 amide bonds. The summed E-state index contributed by atoms with van der Waals surface area (Å²) >= 11 is 5.85. The highest BCUT2D eigenvalue weighted by Crippen LogP contribution is 2.17. The molecule has 3 nitrogen and oxygen atoms in total. The topological polar surface area (TPSA) is 32.7 Å². The van der Waals surface area contributed by atoms with Gasteiger partial charge in [0.15, 0.2) is 0 Å². The summed E-state index contributed by atoms with van der Waals surface area (Å²) in [5.41, 5.74) is 0. The van der Waals surface area contributed by atoms with E-state index < -0.39 is 0 Å². The zero-order chi connectivity index (χ0) is 11.4. The highest BCUT2D eigenvalue weighted by atomic mass is 35.5. The molecule has 16 heavy (non-hydrogen) atoms. The van der Waals surface area contributed by atoms with Crippen molar-refractivity contribution in [3.63, 3.8) is 0 Å². The highest BCUT2D eigenvalue weighted by molar-refractivity contribution is 6.30. The fourth-order valence-electron chi connectivity index (χ4n) is 1.86. The minimum Gasteiger partial charge on any atom is -0.492 e. The number of nitrogens with zero attached hydrogens (tertiary/aromatic N) is 1. The molecule has 1 atom stereocenters. The Morgan fingerprint density at radius 2 is 2.38 bits per heavy atom. The molecule has 1 unspecified atom stereocenters. The highest BCUT2D eigenvalue weighted by Gasteiger charge is 2.19. The molecule has 0 aromatic heterocycles. The van der Waals surface area contributed by atoms with Gasteiger partial charge in [-0.05, 0) is 24.6 Å². The van der Waals surface area contributed by atoms with Crippen LogP contribution in [0.2, 0.25) is 5.02 Å². The molecule has 0 radical (unpaired) electrons. The molecule has 1 aliphatic heterocycles. The van der Waals surface area contributed by atoms with Crippen molar-refractivity contribution in [1.82, 2.24) is 4.90 Å². The minimum atomic E-state index is -0.161. The minimum absolute atomic E-state index is 0.161. The quantitative estimate of drug-likeness (QED) is 0.873. The second-order valence-electron chi connectivity index (χ2n) is 4.05. The number of likely N-dealkylation sites (tertiary alicyclic amines) is 1. The van der Waals surface area contributed by atoms with Crippen LogP contribution >= 0.6 is 11.6 Å². The Kier molecular flexibility index (Phi) is 4.04. The van der Waals surface area contributed by atoms with Crippen molar-refractivity contribution < 1.29 is 9.84 Å². The average molecular weight is 242 g/mol. The fraction of sp³-hybridized carbons (Fsp3) is 0.500. The Morgan fingerprint density at radius 1 is 1.50 bits per heavy atom. The van der Waals surface area contributed by atoms with E-state index in [4.69, 9.17) is 16.3 Å². The summed E-state index contributed by atoms with van der Waals surface area (Å²) in [7, 11) is 0. The van der Waals surface area contributed by atoms with Crippen molar-refractivity contribution >= 4 is 11.6 Å². The normalized spacial score (nSPS) is 21.2. The lowest BCUT2D eigenvalue weighted by Crippen LogP contribution is -2.27. The van der Waals surface area contributed by atoms with Crippen molar-refractivity contribution in [2.75, 3.05) is 26.2 Å². The van der Waals surface area contributed by atoms with Crippen LogP contribution in [-0.2, 0) is 0 Å². The van der Waals surface area contributed by atoms with E-state index in [1.165, 1.54) is 0 Å². The number of benzene rings is 1. The molecular weight excluding hydrogens is 226 g/mol. The van der Waals surface area contributed by atoms with E-state index in [1.54, 1.807) is 6.07 Å².